The molecule has 174 valence electrons. The molecule has 32 heavy (non-hydrogen) atoms. The van der Waals surface area contributed by atoms with E-state index in [1.54, 1.807) is 12.1 Å². The van der Waals surface area contributed by atoms with E-state index >= 15 is 0 Å². The maximum Gasteiger partial charge on any atom is 0.315 e. The second-order valence-corrected chi connectivity index (χ2v) is 10.3. The van der Waals surface area contributed by atoms with Crippen molar-refractivity contribution in [2.75, 3.05) is 13.7 Å². The van der Waals surface area contributed by atoms with Crippen molar-refractivity contribution in [2.24, 2.45) is 16.3 Å². The minimum absolute atomic E-state index is 0.00412. The van der Waals surface area contributed by atoms with Gasteiger partial charge in [-0.2, -0.15) is 0 Å². The van der Waals surface area contributed by atoms with Crippen LogP contribution >= 0.6 is 15.9 Å². The van der Waals surface area contributed by atoms with Crippen LogP contribution in [0.4, 0.5) is 0 Å². The molecule has 0 saturated carbocycles. The molecule has 2 aliphatic rings. The first-order chi connectivity index (χ1) is 15.1. The highest BCUT2D eigenvalue weighted by molar-refractivity contribution is 9.10. The highest BCUT2D eigenvalue weighted by atomic mass is 79.9. The predicted molar refractivity (Wildman–Crippen MR) is 127 cm³/mol. The third-order valence-electron chi connectivity index (χ3n) is 6.18. The van der Waals surface area contributed by atoms with Crippen molar-refractivity contribution >= 4 is 33.4 Å². The lowest BCUT2D eigenvalue weighted by atomic mass is 9.67. The summed E-state index contributed by atoms with van der Waals surface area (Å²) in [6, 6.07) is 3.44. The molecule has 3 rings (SSSR count). The number of esters is 1. The van der Waals surface area contributed by atoms with E-state index in [-0.39, 0.29) is 28.7 Å². The normalized spacial score (nSPS) is 22.3. The molecule has 0 aromatic heterocycles. The largest absolute Gasteiger partial charge is 0.503 e. The fourth-order valence-corrected chi connectivity index (χ4v) is 5.11. The Kier molecular flexibility index (Phi) is 7.48. The van der Waals surface area contributed by atoms with Crippen LogP contribution in [0.2, 0.25) is 0 Å². The number of phenolic OH excluding ortho intramolecular Hbond substituents is 1. The van der Waals surface area contributed by atoms with E-state index in [2.05, 4.69) is 36.7 Å². The van der Waals surface area contributed by atoms with Crippen LogP contribution < -0.4 is 4.74 Å². The molecule has 6 nitrogen and oxygen atoms in total. The molecule has 0 radical (unpaired) electrons. The second-order valence-electron chi connectivity index (χ2n) is 9.44. The average molecular weight is 506 g/mol. The van der Waals surface area contributed by atoms with E-state index in [0.29, 0.717) is 40.8 Å². The molecular formula is C25H32BrNO5. The number of phenols is 1. The van der Waals surface area contributed by atoms with Gasteiger partial charge in [-0.1, -0.05) is 33.6 Å². The Morgan fingerprint density at radius 1 is 1.28 bits per heavy atom. The fourth-order valence-electron chi connectivity index (χ4n) is 4.65. The van der Waals surface area contributed by atoms with Crippen molar-refractivity contribution in [1.29, 1.82) is 0 Å². The van der Waals surface area contributed by atoms with Crippen molar-refractivity contribution < 1.29 is 24.2 Å². The monoisotopic (exact) mass is 505 g/mol. The van der Waals surface area contributed by atoms with Crippen molar-refractivity contribution in [1.82, 2.24) is 0 Å². The molecule has 1 aromatic rings. The zero-order chi connectivity index (χ0) is 23.6. The van der Waals surface area contributed by atoms with Gasteiger partial charge in [-0.25, -0.2) is 0 Å². The van der Waals surface area contributed by atoms with E-state index in [1.807, 2.05) is 6.92 Å². The standard InChI is InChI=1S/C25H32BrNO5/c1-6-7-8-9-32-24(30)20-14(2)27-17-12-25(3,4)13-18(28)22(17)21(20)15-10-16(26)23(29)19(11-15)31-5/h10-11,20-21,29H,6-9,12-13H2,1-5H3/t20?,21-/m1/s1. The number of carbonyl (C=O) groups excluding carboxylic acids is 2. The number of unbranched alkanes of at least 4 members (excludes halogenated alkanes) is 2. The molecule has 0 amide bonds. The van der Waals surface area contributed by atoms with Crippen LogP contribution in [-0.4, -0.2) is 36.3 Å². The number of hydrogen-bond donors (Lipinski definition) is 1. The van der Waals surface area contributed by atoms with Gasteiger partial charge in [0, 0.05) is 29.3 Å². The summed E-state index contributed by atoms with van der Waals surface area (Å²) in [5, 5.41) is 10.3. The number of aromatic hydroxyl groups is 1. The number of Topliss-reactive ketones (excluding diaryl/α,β-unsaturated/α-hetero) is 1. The van der Waals surface area contributed by atoms with Crippen LogP contribution in [0.5, 0.6) is 11.5 Å². The Morgan fingerprint density at radius 3 is 2.66 bits per heavy atom. The molecule has 1 aromatic carbocycles. The van der Waals surface area contributed by atoms with E-state index in [4.69, 9.17) is 14.5 Å². The molecular weight excluding hydrogens is 474 g/mol. The lowest BCUT2D eigenvalue weighted by molar-refractivity contribution is -0.146. The van der Waals surface area contributed by atoms with Crippen LogP contribution in [0.1, 0.15) is 71.3 Å². The zero-order valence-electron chi connectivity index (χ0n) is 19.5. The van der Waals surface area contributed by atoms with E-state index in [0.717, 1.165) is 25.0 Å². The average Bonchev–Trinajstić information content (AvgIpc) is 2.71. The van der Waals surface area contributed by atoms with Gasteiger partial charge in [0.1, 0.15) is 5.92 Å². The Morgan fingerprint density at radius 2 is 2.00 bits per heavy atom. The van der Waals surface area contributed by atoms with E-state index < -0.39 is 11.8 Å². The topological polar surface area (TPSA) is 85.2 Å². The van der Waals surface area contributed by atoms with Gasteiger partial charge in [-0.15, -0.1) is 0 Å². The summed E-state index contributed by atoms with van der Waals surface area (Å²) in [6.45, 7) is 8.38. The van der Waals surface area contributed by atoms with Gasteiger partial charge >= 0.3 is 5.97 Å². The summed E-state index contributed by atoms with van der Waals surface area (Å²) in [5.74, 6) is -1.38. The predicted octanol–water partition coefficient (Wildman–Crippen LogP) is 5.71. The Hall–Kier alpha value is -2.15. The van der Waals surface area contributed by atoms with Crippen molar-refractivity contribution in [3.63, 3.8) is 0 Å². The van der Waals surface area contributed by atoms with Gasteiger partial charge in [0.25, 0.3) is 0 Å². The third kappa shape index (κ3) is 4.92. The van der Waals surface area contributed by atoms with Gasteiger partial charge in [-0.05, 0) is 58.8 Å². The molecule has 1 unspecified atom stereocenters. The van der Waals surface area contributed by atoms with Gasteiger partial charge in [0.2, 0.25) is 0 Å². The Labute approximate surface area is 198 Å². The summed E-state index contributed by atoms with van der Waals surface area (Å²) in [7, 11) is 1.47. The van der Waals surface area contributed by atoms with Crippen molar-refractivity contribution in [2.45, 2.75) is 65.7 Å². The number of methoxy groups -OCH3 is 1. The molecule has 0 saturated heterocycles. The smallest absolute Gasteiger partial charge is 0.315 e. The first-order valence-electron chi connectivity index (χ1n) is 11.1. The van der Waals surface area contributed by atoms with Gasteiger partial charge in [0.15, 0.2) is 17.3 Å². The highest BCUT2D eigenvalue weighted by Crippen LogP contribution is 2.49. The first kappa shape index (κ1) is 24.5. The van der Waals surface area contributed by atoms with Gasteiger partial charge in [0.05, 0.1) is 18.2 Å². The molecule has 0 bridgehead atoms. The van der Waals surface area contributed by atoms with E-state index in [1.165, 1.54) is 7.11 Å². The summed E-state index contributed by atoms with van der Waals surface area (Å²) in [6.07, 6.45) is 3.88. The molecule has 0 spiro atoms. The van der Waals surface area contributed by atoms with Crippen LogP contribution in [0.3, 0.4) is 0 Å². The van der Waals surface area contributed by atoms with Crippen molar-refractivity contribution in [3.8, 4) is 11.5 Å². The number of hydrogen-bond acceptors (Lipinski definition) is 6. The minimum Gasteiger partial charge on any atom is -0.503 e. The number of halogens is 1. The summed E-state index contributed by atoms with van der Waals surface area (Å²) < 4.78 is 11.4. The second kappa shape index (κ2) is 9.77. The molecule has 0 fully saturated rings. The maximum atomic E-state index is 13.3. The fraction of sp³-hybridized carbons (Fsp3) is 0.560. The zero-order valence-corrected chi connectivity index (χ0v) is 21.0. The SMILES string of the molecule is CCCCCOC(=O)C1C(C)=NC2=C(C(=O)CC(C)(C)C2)[C@@H]1c1cc(Br)c(O)c(OC)c1. The third-order valence-corrected chi connectivity index (χ3v) is 6.78. The summed E-state index contributed by atoms with van der Waals surface area (Å²) in [5.41, 5.74) is 2.47. The highest BCUT2D eigenvalue weighted by Gasteiger charge is 2.46. The van der Waals surface area contributed by atoms with E-state index in [9.17, 15) is 14.7 Å². The minimum atomic E-state index is -0.707. The molecule has 7 heteroatoms. The summed E-state index contributed by atoms with van der Waals surface area (Å²) >= 11 is 3.38. The number of ketones is 1. The maximum absolute atomic E-state index is 13.3. The van der Waals surface area contributed by atoms with Gasteiger partial charge in [-0.3, -0.25) is 14.6 Å². The molecule has 2 atom stereocenters. The van der Waals surface area contributed by atoms with Crippen LogP contribution in [0.15, 0.2) is 32.9 Å². The number of carbonyl (C=O) groups is 2. The molecule has 1 aliphatic heterocycles. The molecule has 1 heterocycles. The molecule has 1 aliphatic carbocycles. The first-order valence-corrected chi connectivity index (χ1v) is 11.9. The number of benzene rings is 1. The quantitative estimate of drug-likeness (QED) is 0.378. The molecule has 1 N–H and O–H groups in total. The Balaban J connectivity index is 2.11. The number of nitrogens with zero attached hydrogens (tertiary/aromatic N) is 1. The number of allylic oxidation sites excluding steroid dienone is 2. The summed E-state index contributed by atoms with van der Waals surface area (Å²) in [4.78, 5) is 31.3. The van der Waals surface area contributed by atoms with Crippen LogP contribution in [-0.2, 0) is 14.3 Å². The lowest BCUT2D eigenvalue weighted by Gasteiger charge is -2.39. The lowest BCUT2D eigenvalue weighted by Crippen LogP contribution is -2.39. The van der Waals surface area contributed by atoms with Crippen LogP contribution in [0, 0.1) is 11.3 Å². The van der Waals surface area contributed by atoms with Crippen molar-refractivity contribution in [3.05, 3.63) is 33.4 Å². The van der Waals surface area contributed by atoms with Crippen LogP contribution in [0.25, 0.3) is 0 Å². The number of rotatable bonds is 7. The number of ether oxygens (including phenoxy) is 2. The number of aliphatic imine (C=N–C) groups is 1. The Bertz CT molecular complexity index is 979. The van der Waals surface area contributed by atoms with Gasteiger partial charge < -0.3 is 14.6 Å².